The summed E-state index contributed by atoms with van der Waals surface area (Å²) in [4.78, 5) is 0. The minimum absolute atomic E-state index is 0. The molecule has 0 heterocycles. The van der Waals surface area contributed by atoms with E-state index in [0.29, 0.717) is 23.7 Å². The van der Waals surface area contributed by atoms with E-state index in [2.05, 4.69) is 0 Å². The molecule has 0 unspecified atom stereocenters. The maximum atomic E-state index is 13.7. The van der Waals surface area contributed by atoms with Gasteiger partial charge in [-0.3, -0.25) is 0 Å². The Bertz CT molecular complexity index is 374. The first-order valence-corrected chi connectivity index (χ1v) is 5.72. The van der Waals surface area contributed by atoms with Crippen molar-refractivity contribution >= 4 is 12.4 Å². The van der Waals surface area contributed by atoms with Gasteiger partial charge in [0.15, 0.2) is 0 Å². The molecule has 0 spiro atoms. The van der Waals surface area contributed by atoms with Crippen molar-refractivity contribution in [3.05, 3.63) is 29.6 Å². The first kappa shape index (κ1) is 17.2. The number of nitrogens with two attached hydrogens (primary N) is 1. The molecule has 0 fully saturated rings. The van der Waals surface area contributed by atoms with Crippen molar-refractivity contribution in [2.75, 3.05) is 7.11 Å². The Labute approximate surface area is 114 Å². The molecule has 5 heteroatoms. The van der Waals surface area contributed by atoms with Crippen molar-refractivity contribution in [2.24, 2.45) is 11.7 Å². The summed E-state index contributed by atoms with van der Waals surface area (Å²) < 4.78 is 18.6. The van der Waals surface area contributed by atoms with Gasteiger partial charge in [-0.2, -0.15) is 0 Å². The molecule has 0 radical (unpaired) electrons. The number of halogens is 2. The van der Waals surface area contributed by atoms with E-state index in [9.17, 15) is 9.50 Å². The fourth-order valence-corrected chi connectivity index (χ4v) is 1.74. The second-order valence-electron chi connectivity index (χ2n) is 4.61. The number of hydrogen-bond donors (Lipinski definition) is 2. The van der Waals surface area contributed by atoms with Crippen LogP contribution in [0.15, 0.2) is 18.2 Å². The van der Waals surface area contributed by atoms with Crippen LogP contribution in [0.4, 0.5) is 4.39 Å². The zero-order valence-corrected chi connectivity index (χ0v) is 11.7. The highest BCUT2D eigenvalue weighted by molar-refractivity contribution is 5.85. The maximum absolute atomic E-state index is 13.7. The third kappa shape index (κ3) is 4.44. The normalized spacial score (nSPS) is 13.9. The van der Waals surface area contributed by atoms with Gasteiger partial charge in [0.25, 0.3) is 0 Å². The highest BCUT2D eigenvalue weighted by Crippen LogP contribution is 2.24. The third-order valence-electron chi connectivity index (χ3n) is 2.69. The van der Waals surface area contributed by atoms with Gasteiger partial charge < -0.3 is 15.6 Å². The van der Waals surface area contributed by atoms with Crippen LogP contribution in [-0.4, -0.2) is 18.3 Å². The van der Waals surface area contributed by atoms with Crippen molar-refractivity contribution in [3.8, 4) is 5.75 Å². The highest BCUT2D eigenvalue weighted by Gasteiger charge is 2.21. The molecule has 1 aromatic carbocycles. The second kappa shape index (κ2) is 7.56. The summed E-state index contributed by atoms with van der Waals surface area (Å²) in [6.45, 7) is 3.97. The molecule has 0 aromatic heterocycles. The lowest BCUT2D eigenvalue weighted by molar-refractivity contribution is 0.119. The van der Waals surface area contributed by atoms with Crippen LogP contribution in [0.25, 0.3) is 0 Å². The lowest BCUT2D eigenvalue weighted by Crippen LogP contribution is -2.28. The second-order valence-corrected chi connectivity index (χ2v) is 4.61. The van der Waals surface area contributed by atoms with Gasteiger partial charge in [-0.25, -0.2) is 4.39 Å². The zero-order chi connectivity index (χ0) is 13.0. The lowest BCUT2D eigenvalue weighted by atomic mass is 9.95. The summed E-state index contributed by atoms with van der Waals surface area (Å²) in [5.41, 5.74) is 6.17. The van der Waals surface area contributed by atoms with E-state index < -0.39 is 18.0 Å². The van der Waals surface area contributed by atoms with Gasteiger partial charge in [-0.15, -0.1) is 12.4 Å². The van der Waals surface area contributed by atoms with E-state index in [4.69, 9.17) is 10.5 Å². The molecule has 18 heavy (non-hydrogen) atoms. The Hall–Kier alpha value is -0.840. The van der Waals surface area contributed by atoms with Crippen LogP contribution >= 0.6 is 12.4 Å². The minimum Gasteiger partial charge on any atom is -0.497 e. The predicted molar refractivity (Wildman–Crippen MR) is 72.6 cm³/mol. The number of rotatable bonds is 5. The lowest BCUT2D eigenvalue weighted by Gasteiger charge is -2.21. The maximum Gasteiger partial charge on any atom is 0.131 e. The van der Waals surface area contributed by atoms with E-state index in [1.165, 1.54) is 13.2 Å². The average Bonchev–Trinajstić information content (AvgIpc) is 2.27. The van der Waals surface area contributed by atoms with E-state index >= 15 is 0 Å². The molecule has 104 valence electrons. The molecular formula is C13H21ClFNO2. The van der Waals surface area contributed by atoms with Crippen molar-refractivity contribution < 1.29 is 14.2 Å². The van der Waals surface area contributed by atoms with Gasteiger partial charge in [-0.05, 0) is 18.4 Å². The summed E-state index contributed by atoms with van der Waals surface area (Å²) in [5, 5.41) is 9.87. The molecule has 0 aliphatic carbocycles. The van der Waals surface area contributed by atoms with E-state index in [0.717, 1.165) is 0 Å². The molecule has 1 rings (SSSR count). The van der Waals surface area contributed by atoms with Crippen molar-refractivity contribution in [2.45, 2.75) is 32.4 Å². The summed E-state index contributed by atoms with van der Waals surface area (Å²) in [6.07, 6.45) is -0.190. The predicted octanol–water partition coefficient (Wildman–Crippen LogP) is 2.66. The minimum atomic E-state index is -0.738. The third-order valence-corrected chi connectivity index (χ3v) is 2.69. The highest BCUT2D eigenvalue weighted by atomic mass is 35.5. The van der Waals surface area contributed by atoms with Crippen LogP contribution in [0.5, 0.6) is 5.75 Å². The van der Waals surface area contributed by atoms with E-state index in [-0.39, 0.29) is 12.4 Å². The molecule has 2 atom stereocenters. The molecule has 0 saturated carbocycles. The van der Waals surface area contributed by atoms with Gasteiger partial charge in [0.1, 0.15) is 11.6 Å². The van der Waals surface area contributed by atoms with E-state index in [1.807, 2.05) is 13.8 Å². The Morgan fingerprint density at radius 1 is 1.39 bits per heavy atom. The fourth-order valence-electron chi connectivity index (χ4n) is 1.74. The Morgan fingerprint density at radius 2 is 2.00 bits per heavy atom. The van der Waals surface area contributed by atoms with Crippen LogP contribution in [0.2, 0.25) is 0 Å². The Morgan fingerprint density at radius 3 is 2.44 bits per heavy atom. The van der Waals surface area contributed by atoms with E-state index in [1.54, 1.807) is 12.1 Å². The average molecular weight is 278 g/mol. The summed E-state index contributed by atoms with van der Waals surface area (Å²) in [7, 11) is 1.47. The Kier molecular flexibility index (Phi) is 7.21. The smallest absolute Gasteiger partial charge is 0.131 e. The molecule has 0 aliphatic heterocycles. The molecule has 0 amide bonds. The number of aliphatic hydroxyl groups excluding tert-OH is 1. The molecule has 1 aromatic rings. The van der Waals surface area contributed by atoms with Gasteiger partial charge in [0.2, 0.25) is 0 Å². The first-order chi connectivity index (χ1) is 7.95. The van der Waals surface area contributed by atoms with Crippen molar-refractivity contribution in [3.63, 3.8) is 0 Å². The number of aliphatic hydroxyl groups is 1. The molecule has 0 aliphatic rings. The zero-order valence-electron chi connectivity index (χ0n) is 10.9. The van der Waals surface area contributed by atoms with Crippen LogP contribution in [-0.2, 0) is 0 Å². The summed E-state index contributed by atoms with van der Waals surface area (Å²) >= 11 is 0. The Balaban J connectivity index is 0.00000289. The largest absolute Gasteiger partial charge is 0.497 e. The van der Waals surface area contributed by atoms with Gasteiger partial charge >= 0.3 is 0 Å². The SMILES string of the molecule is COc1ccc([C@@H](N)[C@@H](O)CC(C)C)c(F)c1.Cl. The van der Waals surface area contributed by atoms with Gasteiger partial charge in [0.05, 0.1) is 19.3 Å². The van der Waals surface area contributed by atoms with Crippen LogP contribution in [0, 0.1) is 11.7 Å². The molecule has 3 nitrogen and oxygen atoms in total. The van der Waals surface area contributed by atoms with Crippen LogP contribution < -0.4 is 10.5 Å². The fraction of sp³-hybridized carbons (Fsp3) is 0.538. The monoisotopic (exact) mass is 277 g/mol. The number of benzene rings is 1. The van der Waals surface area contributed by atoms with Crippen molar-refractivity contribution in [1.82, 2.24) is 0 Å². The van der Waals surface area contributed by atoms with Crippen LogP contribution in [0.1, 0.15) is 31.9 Å². The molecule has 0 saturated heterocycles. The van der Waals surface area contributed by atoms with Crippen molar-refractivity contribution in [1.29, 1.82) is 0 Å². The summed E-state index contributed by atoms with van der Waals surface area (Å²) in [5.74, 6) is 0.314. The van der Waals surface area contributed by atoms with Crippen LogP contribution in [0.3, 0.4) is 0 Å². The number of hydrogen-bond acceptors (Lipinski definition) is 3. The molecule has 3 N–H and O–H groups in total. The standard InChI is InChI=1S/C13H20FNO2.ClH/c1-8(2)6-12(16)13(15)10-5-4-9(17-3)7-11(10)14;/h4-5,7-8,12-13,16H,6,15H2,1-3H3;1H/t12-,13+;/m0./s1. The van der Waals surface area contributed by atoms with Gasteiger partial charge in [0, 0.05) is 11.6 Å². The topological polar surface area (TPSA) is 55.5 Å². The van der Waals surface area contributed by atoms with Gasteiger partial charge in [-0.1, -0.05) is 19.9 Å². The quantitative estimate of drug-likeness (QED) is 0.870. The molecular weight excluding hydrogens is 257 g/mol. The number of ether oxygens (including phenoxy) is 1. The number of methoxy groups -OCH3 is 1. The molecule has 0 bridgehead atoms. The first-order valence-electron chi connectivity index (χ1n) is 5.72. The summed E-state index contributed by atoms with van der Waals surface area (Å²) in [6, 6.07) is 3.77.